The maximum absolute atomic E-state index is 11.5. The van der Waals surface area contributed by atoms with Crippen molar-refractivity contribution in [3.63, 3.8) is 0 Å². The van der Waals surface area contributed by atoms with Gasteiger partial charge in [-0.1, -0.05) is 30.3 Å². The predicted octanol–water partition coefficient (Wildman–Crippen LogP) is 3.22. The zero-order valence-corrected chi connectivity index (χ0v) is 12.3. The Labute approximate surface area is 124 Å². The van der Waals surface area contributed by atoms with Crippen LogP contribution in [0.3, 0.4) is 0 Å². The summed E-state index contributed by atoms with van der Waals surface area (Å²) in [6.45, 7) is 3.12. The molecule has 4 nitrogen and oxygen atoms in total. The third kappa shape index (κ3) is 5.48. The Morgan fingerprint density at radius 1 is 1.05 bits per heavy atom. The number of benzene rings is 1. The molecule has 0 saturated carbocycles. The first kappa shape index (κ1) is 16.4. The van der Waals surface area contributed by atoms with Gasteiger partial charge in [0, 0.05) is 11.1 Å². The highest BCUT2D eigenvalue weighted by atomic mass is 16.5. The highest BCUT2D eigenvalue weighted by molar-refractivity contribution is 5.90. The molecule has 0 saturated heterocycles. The molecule has 1 aromatic rings. The van der Waals surface area contributed by atoms with E-state index in [1.165, 1.54) is 20.1 Å². The summed E-state index contributed by atoms with van der Waals surface area (Å²) in [6, 6.07) is 9.45. The van der Waals surface area contributed by atoms with E-state index in [0.29, 0.717) is 11.1 Å². The number of rotatable bonds is 5. The van der Waals surface area contributed by atoms with E-state index < -0.39 is 11.9 Å². The molecule has 0 bridgehead atoms. The van der Waals surface area contributed by atoms with Gasteiger partial charge < -0.3 is 9.84 Å². The SMILES string of the molecule is COC(=O)C(C)=CC(=Cc1ccccc1)C=C(C)C(=O)O. The van der Waals surface area contributed by atoms with Crippen LogP contribution in [0, 0.1) is 0 Å². The summed E-state index contributed by atoms with van der Waals surface area (Å²) in [5.74, 6) is -1.45. The number of aliphatic carboxylic acids is 1. The van der Waals surface area contributed by atoms with E-state index in [0.717, 1.165) is 5.56 Å². The number of hydrogen-bond acceptors (Lipinski definition) is 3. The number of ether oxygens (including phenoxy) is 1. The van der Waals surface area contributed by atoms with Gasteiger partial charge in [-0.25, -0.2) is 9.59 Å². The fraction of sp³-hybridized carbons (Fsp3) is 0.176. The molecular weight excluding hydrogens is 268 g/mol. The summed E-state index contributed by atoms with van der Waals surface area (Å²) in [4.78, 5) is 22.4. The minimum Gasteiger partial charge on any atom is -0.478 e. The maximum atomic E-state index is 11.5. The van der Waals surface area contributed by atoms with Crippen molar-refractivity contribution in [2.45, 2.75) is 13.8 Å². The van der Waals surface area contributed by atoms with Crippen LogP contribution in [0.1, 0.15) is 19.4 Å². The van der Waals surface area contributed by atoms with Crippen LogP contribution in [0.2, 0.25) is 0 Å². The zero-order chi connectivity index (χ0) is 15.8. The monoisotopic (exact) mass is 286 g/mol. The molecule has 0 fully saturated rings. The maximum Gasteiger partial charge on any atom is 0.333 e. The summed E-state index contributed by atoms with van der Waals surface area (Å²) in [5.41, 5.74) is 2.11. The van der Waals surface area contributed by atoms with Gasteiger partial charge in [0.2, 0.25) is 0 Å². The van der Waals surface area contributed by atoms with E-state index in [4.69, 9.17) is 5.11 Å². The lowest BCUT2D eigenvalue weighted by atomic mass is 10.1. The van der Waals surface area contributed by atoms with Crippen molar-refractivity contribution in [1.29, 1.82) is 0 Å². The molecular formula is C17H18O4. The molecule has 4 heteroatoms. The average molecular weight is 286 g/mol. The van der Waals surface area contributed by atoms with E-state index in [9.17, 15) is 9.59 Å². The highest BCUT2D eigenvalue weighted by Gasteiger charge is 2.05. The zero-order valence-electron chi connectivity index (χ0n) is 12.3. The predicted molar refractivity (Wildman–Crippen MR) is 81.6 cm³/mol. The Hall–Kier alpha value is -2.62. The number of esters is 1. The van der Waals surface area contributed by atoms with Gasteiger partial charge in [-0.2, -0.15) is 0 Å². The Morgan fingerprint density at radius 2 is 1.62 bits per heavy atom. The van der Waals surface area contributed by atoms with Crippen molar-refractivity contribution < 1.29 is 19.4 Å². The lowest BCUT2D eigenvalue weighted by Gasteiger charge is -2.02. The third-order valence-corrected chi connectivity index (χ3v) is 2.74. The van der Waals surface area contributed by atoms with Gasteiger partial charge in [0.15, 0.2) is 0 Å². The number of carbonyl (C=O) groups excluding carboxylic acids is 1. The first-order valence-corrected chi connectivity index (χ1v) is 6.39. The van der Waals surface area contributed by atoms with Gasteiger partial charge in [0.25, 0.3) is 0 Å². The van der Waals surface area contributed by atoms with Crippen LogP contribution >= 0.6 is 0 Å². The lowest BCUT2D eigenvalue weighted by molar-refractivity contribution is -0.136. The quantitative estimate of drug-likeness (QED) is 0.513. The van der Waals surface area contributed by atoms with Crippen LogP contribution < -0.4 is 0 Å². The number of hydrogen-bond donors (Lipinski definition) is 1. The standard InChI is InChI=1S/C17H18O4/c1-12(16(18)19)9-15(10-13(2)17(20)21-3)11-14-7-5-4-6-8-14/h4-11H,1-3H3,(H,18,19). The second-order valence-corrected chi connectivity index (χ2v) is 4.51. The van der Waals surface area contributed by atoms with Crippen LogP contribution in [0.4, 0.5) is 0 Å². The topological polar surface area (TPSA) is 63.6 Å². The van der Waals surface area contributed by atoms with Gasteiger partial charge in [-0.15, -0.1) is 0 Å². The molecule has 0 atom stereocenters. The van der Waals surface area contributed by atoms with Gasteiger partial charge in [-0.05, 0) is 43.2 Å². The normalized spacial score (nSPS) is 13.0. The van der Waals surface area contributed by atoms with Crippen molar-refractivity contribution in [3.05, 3.63) is 64.8 Å². The second-order valence-electron chi connectivity index (χ2n) is 4.51. The van der Waals surface area contributed by atoms with E-state index in [1.54, 1.807) is 19.1 Å². The van der Waals surface area contributed by atoms with Crippen molar-refractivity contribution in [2.75, 3.05) is 7.11 Å². The van der Waals surface area contributed by atoms with Crippen molar-refractivity contribution in [1.82, 2.24) is 0 Å². The summed E-state index contributed by atoms with van der Waals surface area (Å²) < 4.78 is 4.64. The molecule has 0 unspecified atom stereocenters. The van der Waals surface area contributed by atoms with Crippen LogP contribution in [0.5, 0.6) is 0 Å². The van der Waals surface area contributed by atoms with Crippen LogP contribution in [0.15, 0.2) is 59.2 Å². The van der Waals surface area contributed by atoms with E-state index in [-0.39, 0.29) is 5.57 Å². The largest absolute Gasteiger partial charge is 0.478 e. The fourth-order valence-electron chi connectivity index (χ4n) is 1.65. The number of carboxylic acids is 1. The number of carbonyl (C=O) groups is 2. The molecule has 0 spiro atoms. The first-order chi connectivity index (χ1) is 9.93. The third-order valence-electron chi connectivity index (χ3n) is 2.74. The molecule has 110 valence electrons. The number of carboxylic acid groups (broad SMARTS) is 1. The average Bonchev–Trinajstić information content (AvgIpc) is 2.47. The lowest BCUT2D eigenvalue weighted by Crippen LogP contribution is -2.02. The minimum absolute atomic E-state index is 0.186. The smallest absolute Gasteiger partial charge is 0.333 e. The minimum atomic E-state index is -1.00. The van der Waals surface area contributed by atoms with Crippen molar-refractivity contribution >= 4 is 18.0 Å². The Morgan fingerprint density at radius 3 is 2.14 bits per heavy atom. The van der Waals surface area contributed by atoms with Gasteiger partial charge in [0.05, 0.1) is 7.11 Å². The summed E-state index contributed by atoms with van der Waals surface area (Å²) in [5, 5.41) is 8.98. The summed E-state index contributed by atoms with van der Waals surface area (Å²) in [7, 11) is 1.30. The summed E-state index contributed by atoms with van der Waals surface area (Å²) in [6.07, 6.45) is 4.92. The fourth-order valence-corrected chi connectivity index (χ4v) is 1.65. The molecule has 0 aliphatic rings. The van der Waals surface area contributed by atoms with Crippen LogP contribution in [-0.4, -0.2) is 24.2 Å². The summed E-state index contributed by atoms with van der Waals surface area (Å²) >= 11 is 0. The molecule has 0 amide bonds. The first-order valence-electron chi connectivity index (χ1n) is 6.39. The van der Waals surface area contributed by atoms with Gasteiger partial charge in [0.1, 0.15) is 0 Å². The number of methoxy groups -OCH3 is 1. The molecule has 21 heavy (non-hydrogen) atoms. The van der Waals surface area contributed by atoms with Crippen LogP contribution in [0.25, 0.3) is 6.08 Å². The van der Waals surface area contributed by atoms with Gasteiger partial charge in [-0.3, -0.25) is 0 Å². The molecule has 0 radical (unpaired) electrons. The molecule has 1 rings (SSSR count). The molecule has 1 N–H and O–H groups in total. The Kier molecular flexibility index (Phi) is 6.14. The molecule has 0 aromatic heterocycles. The molecule has 0 heterocycles. The molecule has 1 aromatic carbocycles. The van der Waals surface area contributed by atoms with Crippen LogP contribution in [-0.2, 0) is 14.3 Å². The Balaban J connectivity index is 3.24. The van der Waals surface area contributed by atoms with Crippen molar-refractivity contribution in [3.8, 4) is 0 Å². The van der Waals surface area contributed by atoms with E-state index >= 15 is 0 Å². The van der Waals surface area contributed by atoms with E-state index in [2.05, 4.69) is 4.74 Å². The second kappa shape index (κ2) is 7.85. The molecule has 0 aliphatic carbocycles. The highest BCUT2D eigenvalue weighted by Crippen LogP contribution is 2.14. The molecule has 0 aliphatic heterocycles. The van der Waals surface area contributed by atoms with Gasteiger partial charge >= 0.3 is 11.9 Å². The Bertz CT molecular complexity index is 607. The van der Waals surface area contributed by atoms with Crippen molar-refractivity contribution in [2.24, 2.45) is 0 Å². The van der Waals surface area contributed by atoms with E-state index in [1.807, 2.05) is 30.3 Å². The number of allylic oxidation sites excluding steroid dienone is 3.